The fourth-order valence-electron chi connectivity index (χ4n) is 1.19. The highest BCUT2D eigenvalue weighted by atomic mass is 16.5. The number of aliphatic imine (C=N–C) groups is 1. The van der Waals surface area contributed by atoms with E-state index in [0.717, 1.165) is 0 Å². The van der Waals surface area contributed by atoms with E-state index in [4.69, 9.17) is 14.7 Å². The summed E-state index contributed by atoms with van der Waals surface area (Å²) in [7, 11) is 0. The molecule has 5 heteroatoms. The molecule has 5 nitrogen and oxygen atoms in total. The first-order valence-electron chi connectivity index (χ1n) is 4.71. The van der Waals surface area contributed by atoms with Gasteiger partial charge in [-0.25, -0.2) is 4.99 Å². The van der Waals surface area contributed by atoms with Gasteiger partial charge in [0, 0.05) is 6.61 Å². The Kier molecular flexibility index (Phi) is 4.01. The van der Waals surface area contributed by atoms with E-state index >= 15 is 0 Å². The predicted octanol–water partition coefficient (Wildman–Crippen LogP) is 0.817. The lowest BCUT2D eigenvalue weighted by molar-refractivity contribution is -0.126. The molecule has 0 spiro atoms. The van der Waals surface area contributed by atoms with Gasteiger partial charge in [0.1, 0.15) is 6.07 Å². The molecule has 1 aliphatic rings. The van der Waals surface area contributed by atoms with E-state index in [-0.39, 0.29) is 17.3 Å². The number of nitriles is 1. The molecule has 1 unspecified atom stereocenters. The van der Waals surface area contributed by atoms with E-state index in [1.54, 1.807) is 13.8 Å². The maximum Gasteiger partial charge on any atom is 0.234 e. The normalized spacial score (nSPS) is 20.3. The Morgan fingerprint density at radius 3 is 2.80 bits per heavy atom. The van der Waals surface area contributed by atoms with Crippen molar-refractivity contribution in [2.45, 2.75) is 20.0 Å². The van der Waals surface area contributed by atoms with Gasteiger partial charge in [-0.2, -0.15) is 5.26 Å². The minimum absolute atomic E-state index is 0.0744. The number of rotatable bonds is 4. The van der Waals surface area contributed by atoms with Gasteiger partial charge in [-0.15, -0.1) is 0 Å². The zero-order valence-electron chi connectivity index (χ0n) is 8.69. The number of carbonyl (C=O) groups is 1. The van der Waals surface area contributed by atoms with Gasteiger partial charge in [0.05, 0.1) is 12.8 Å². The number of nitrogens with zero attached hydrogens (tertiary/aromatic N) is 2. The second-order valence-electron chi connectivity index (χ2n) is 2.75. The van der Waals surface area contributed by atoms with Crippen LogP contribution < -0.4 is 0 Å². The van der Waals surface area contributed by atoms with Crippen LogP contribution in [0.25, 0.3) is 0 Å². The summed E-state index contributed by atoms with van der Waals surface area (Å²) in [6.07, 6.45) is 0.353. The number of Topliss-reactive ketones (excluding diaryl/α,β-unsaturated/α-hetero) is 1. The quantitative estimate of drug-likeness (QED) is 0.685. The largest absolute Gasteiger partial charge is 0.488 e. The average Bonchev–Trinajstić information content (AvgIpc) is 2.25. The third kappa shape index (κ3) is 2.42. The molecule has 0 aromatic carbocycles. The van der Waals surface area contributed by atoms with Crippen LogP contribution in [-0.4, -0.2) is 30.8 Å². The first kappa shape index (κ1) is 11.4. The van der Waals surface area contributed by atoms with Crippen LogP contribution in [-0.2, 0) is 14.3 Å². The Morgan fingerprint density at radius 1 is 1.53 bits per heavy atom. The summed E-state index contributed by atoms with van der Waals surface area (Å²) in [4.78, 5) is 15.5. The highest BCUT2D eigenvalue weighted by Crippen LogP contribution is 2.13. The highest BCUT2D eigenvalue weighted by Gasteiger charge is 2.31. The molecular weight excluding hydrogens is 196 g/mol. The van der Waals surface area contributed by atoms with Crippen molar-refractivity contribution in [2.24, 2.45) is 4.99 Å². The van der Waals surface area contributed by atoms with Crippen molar-refractivity contribution in [3.8, 4) is 6.07 Å². The Morgan fingerprint density at radius 2 is 2.27 bits per heavy atom. The van der Waals surface area contributed by atoms with Gasteiger partial charge in [0.25, 0.3) is 0 Å². The first-order valence-corrected chi connectivity index (χ1v) is 4.71. The number of ketones is 1. The second kappa shape index (κ2) is 5.27. The molecule has 0 fully saturated rings. The van der Waals surface area contributed by atoms with Gasteiger partial charge >= 0.3 is 0 Å². The van der Waals surface area contributed by atoms with Gasteiger partial charge < -0.3 is 9.47 Å². The minimum Gasteiger partial charge on any atom is -0.488 e. The van der Waals surface area contributed by atoms with E-state index in [1.807, 2.05) is 6.07 Å². The molecule has 0 saturated heterocycles. The van der Waals surface area contributed by atoms with Crippen LogP contribution >= 0.6 is 0 Å². The summed E-state index contributed by atoms with van der Waals surface area (Å²) < 4.78 is 10.2. The third-order valence-corrected chi connectivity index (χ3v) is 1.80. The van der Waals surface area contributed by atoms with Crippen molar-refractivity contribution in [1.29, 1.82) is 5.26 Å². The van der Waals surface area contributed by atoms with E-state index in [9.17, 15) is 4.79 Å². The summed E-state index contributed by atoms with van der Waals surface area (Å²) >= 11 is 0. The van der Waals surface area contributed by atoms with Crippen molar-refractivity contribution in [3.05, 3.63) is 12.0 Å². The van der Waals surface area contributed by atoms with E-state index in [2.05, 4.69) is 4.99 Å². The molecule has 1 aliphatic heterocycles. The van der Waals surface area contributed by atoms with E-state index in [1.165, 1.54) is 6.20 Å². The van der Waals surface area contributed by atoms with Gasteiger partial charge in [-0.1, -0.05) is 0 Å². The molecule has 0 amide bonds. The molecule has 0 radical (unpaired) electrons. The Hall–Kier alpha value is -1.67. The SMILES string of the molecule is CCOC1=CN=C(C#N)C(OCC)C1=O. The summed E-state index contributed by atoms with van der Waals surface area (Å²) in [5.74, 6) is -0.194. The standard InChI is InChI=1S/C10H12N2O3/c1-3-14-8-6-12-7(5-11)10(9(8)13)15-4-2/h6,10H,3-4H2,1-2H3. The van der Waals surface area contributed by atoms with E-state index < -0.39 is 6.10 Å². The number of hydrogen-bond donors (Lipinski definition) is 0. The van der Waals surface area contributed by atoms with Gasteiger partial charge in [-0.05, 0) is 13.8 Å². The van der Waals surface area contributed by atoms with Crippen LogP contribution in [0.2, 0.25) is 0 Å². The van der Waals surface area contributed by atoms with Crippen molar-refractivity contribution in [1.82, 2.24) is 0 Å². The topological polar surface area (TPSA) is 71.7 Å². The molecule has 0 aromatic rings. The van der Waals surface area contributed by atoms with Crippen molar-refractivity contribution < 1.29 is 14.3 Å². The fraction of sp³-hybridized carbons (Fsp3) is 0.500. The van der Waals surface area contributed by atoms with Crippen molar-refractivity contribution >= 4 is 11.5 Å². The van der Waals surface area contributed by atoms with Crippen LogP contribution in [0.1, 0.15) is 13.8 Å². The van der Waals surface area contributed by atoms with Crippen LogP contribution in [0.15, 0.2) is 17.0 Å². The zero-order chi connectivity index (χ0) is 11.3. The first-order chi connectivity index (χ1) is 7.24. The summed E-state index contributed by atoms with van der Waals surface area (Å²) in [5, 5.41) is 8.74. The number of carbonyl (C=O) groups excluding carboxylic acids is 1. The molecule has 1 atom stereocenters. The van der Waals surface area contributed by atoms with Crippen LogP contribution in [0.4, 0.5) is 0 Å². The molecule has 0 bridgehead atoms. The summed E-state index contributed by atoms with van der Waals surface area (Å²) in [6, 6.07) is 1.84. The second-order valence-corrected chi connectivity index (χ2v) is 2.75. The third-order valence-electron chi connectivity index (χ3n) is 1.80. The molecule has 0 aliphatic carbocycles. The lowest BCUT2D eigenvalue weighted by Crippen LogP contribution is -2.36. The zero-order valence-corrected chi connectivity index (χ0v) is 8.69. The molecule has 1 rings (SSSR count). The Balaban J connectivity index is 2.91. The number of ether oxygens (including phenoxy) is 2. The van der Waals surface area contributed by atoms with Crippen molar-refractivity contribution in [3.63, 3.8) is 0 Å². The Labute approximate surface area is 88.0 Å². The molecule has 0 aromatic heterocycles. The molecule has 1 heterocycles. The molecule has 0 N–H and O–H groups in total. The van der Waals surface area contributed by atoms with Crippen LogP contribution in [0, 0.1) is 11.3 Å². The summed E-state index contributed by atoms with van der Waals surface area (Å²) in [6.45, 7) is 4.25. The smallest absolute Gasteiger partial charge is 0.234 e. The molecule has 80 valence electrons. The number of hydrogen-bond acceptors (Lipinski definition) is 5. The van der Waals surface area contributed by atoms with Crippen molar-refractivity contribution in [2.75, 3.05) is 13.2 Å². The molecule has 0 saturated carbocycles. The maximum atomic E-state index is 11.7. The lowest BCUT2D eigenvalue weighted by atomic mass is 10.1. The summed E-state index contributed by atoms with van der Waals surface area (Å²) in [5.41, 5.74) is 0.0744. The average molecular weight is 208 g/mol. The fourth-order valence-corrected chi connectivity index (χ4v) is 1.19. The predicted molar refractivity (Wildman–Crippen MR) is 53.2 cm³/mol. The van der Waals surface area contributed by atoms with Gasteiger partial charge in [-0.3, -0.25) is 4.79 Å². The van der Waals surface area contributed by atoms with Gasteiger partial charge in [0.15, 0.2) is 17.6 Å². The van der Waals surface area contributed by atoms with E-state index in [0.29, 0.717) is 13.2 Å². The molecule has 15 heavy (non-hydrogen) atoms. The molecular formula is C10H12N2O3. The monoisotopic (exact) mass is 208 g/mol. The maximum absolute atomic E-state index is 11.7. The Bertz CT molecular complexity index is 352. The van der Waals surface area contributed by atoms with Crippen LogP contribution in [0.5, 0.6) is 0 Å². The highest BCUT2D eigenvalue weighted by molar-refractivity contribution is 6.21. The lowest BCUT2D eigenvalue weighted by Gasteiger charge is -2.18. The minimum atomic E-state index is -0.911. The van der Waals surface area contributed by atoms with Crippen LogP contribution in [0.3, 0.4) is 0 Å². The van der Waals surface area contributed by atoms with Gasteiger partial charge in [0.2, 0.25) is 5.78 Å².